The van der Waals surface area contributed by atoms with Gasteiger partial charge < -0.3 is 20.5 Å². The highest BCUT2D eigenvalue weighted by atomic mass is 35.5. The second-order valence-corrected chi connectivity index (χ2v) is 4.61. The monoisotopic (exact) mass is 280 g/mol. The summed E-state index contributed by atoms with van der Waals surface area (Å²) < 4.78 is 11.0. The third kappa shape index (κ3) is 6.54. The molecule has 1 saturated heterocycles. The zero-order chi connectivity index (χ0) is 12.7. The Morgan fingerprint density at radius 1 is 1.50 bits per heavy atom. The van der Waals surface area contributed by atoms with Gasteiger partial charge in [0.1, 0.15) is 6.10 Å². The van der Waals surface area contributed by atoms with Gasteiger partial charge in [0.15, 0.2) is 0 Å². The summed E-state index contributed by atoms with van der Waals surface area (Å²) in [6.45, 7) is 5.35. The molecule has 1 fully saturated rings. The number of carbonyl (C=O) groups excluding carboxylic acids is 1. The molecule has 1 amide bonds. The molecule has 3 atom stereocenters. The lowest BCUT2D eigenvalue weighted by atomic mass is 10.1. The lowest BCUT2D eigenvalue weighted by molar-refractivity contribution is -0.136. The molecule has 1 rings (SSSR count). The number of nitrogens with two attached hydrogens (primary N) is 1. The van der Waals surface area contributed by atoms with Crippen LogP contribution in [0.5, 0.6) is 0 Å². The number of hydrogen-bond donors (Lipinski definition) is 2. The van der Waals surface area contributed by atoms with Gasteiger partial charge in [0.05, 0.1) is 12.7 Å². The van der Waals surface area contributed by atoms with Crippen LogP contribution in [0.1, 0.15) is 33.1 Å². The molecule has 2 unspecified atom stereocenters. The van der Waals surface area contributed by atoms with Crippen molar-refractivity contribution in [3.05, 3.63) is 0 Å². The number of ether oxygens (including phenoxy) is 2. The molecular weight excluding hydrogens is 256 g/mol. The Morgan fingerprint density at radius 3 is 2.78 bits per heavy atom. The quantitative estimate of drug-likeness (QED) is 0.756. The first-order chi connectivity index (χ1) is 8.13. The third-order valence-corrected chi connectivity index (χ3v) is 2.92. The Balaban J connectivity index is 0.00000289. The zero-order valence-electron chi connectivity index (χ0n) is 11.2. The van der Waals surface area contributed by atoms with Crippen LogP contribution < -0.4 is 11.1 Å². The summed E-state index contributed by atoms with van der Waals surface area (Å²) in [4.78, 5) is 11.7. The molecule has 0 aromatic heterocycles. The maximum absolute atomic E-state index is 11.7. The molecule has 0 radical (unpaired) electrons. The van der Waals surface area contributed by atoms with Crippen LogP contribution in [0.4, 0.5) is 0 Å². The second-order valence-electron chi connectivity index (χ2n) is 4.61. The maximum atomic E-state index is 11.7. The fourth-order valence-electron chi connectivity index (χ4n) is 1.69. The van der Waals surface area contributed by atoms with Gasteiger partial charge in [-0.25, -0.2) is 0 Å². The maximum Gasteiger partial charge on any atom is 0.249 e. The predicted octanol–water partition coefficient (Wildman–Crippen LogP) is 0.846. The topological polar surface area (TPSA) is 73.6 Å². The van der Waals surface area contributed by atoms with E-state index in [-0.39, 0.29) is 30.5 Å². The molecule has 0 aliphatic carbocycles. The SMILES string of the molecule is CC(OCC1CCCCO1)C(=O)N[C@@H](C)CN.Cl. The van der Waals surface area contributed by atoms with Gasteiger partial charge in [0.25, 0.3) is 0 Å². The van der Waals surface area contributed by atoms with E-state index in [1.165, 1.54) is 6.42 Å². The molecule has 108 valence electrons. The van der Waals surface area contributed by atoms with Crippen molar-refractivity contribution in [1.82, 2.24) is 5.32 Å². The van der Waals surface area contributed by atoms with Gasteiger partial charge in [-0.3, -0.25) is 4.79 Å². The highest BCUT2D eigenvalue weighted by molar-refractivity contribution is 5.85. The minimum atomic E-state index is -0.450. The first-order valence-electron chi connectivity index (χ1n) is 6.37. The van der Waals surface area contributed by atoms with Crippen molar-refractivity contribution in [2.75, 3.05) is 19.8 Å². The molecule has 0 bridgehead atoms. The number of nitrogens with one attached hydrogen (secondary N) is 1. The van der Waals surface area contributed by atoms with Crippen LogP contribution >= 0.6 is 12.4 Å². The van der Waals surface area contributed by atoms with Gasteiger partial charge in [0, 0.05) is 19.2 Å². The number of halogens is 1. The van der Waals surface area contributed by atoms with E-state index in [1.54, 1.807) is 6.92 Å². The van der Waals surface area contributed by atoms with Gasteiger partial charge in [-0.05, 0) is 33.1 Å². The van der Waals surface area contributed by atoms with Crippen molar-refractivity contribution in [3.8, 4) is 0 Å². The Labute approximate surface area is 115 Å². The molecule has 1 heterocycles. The largest absolute Gasteiger partial charge is 0.376 e. The van der Waals surface area contributed by atoms with Crippen LogP contribution in [0.3, 0.4) is 0 Å². The first kappa shape index (κ1) is 17.6. The number of hydrogen-bond acceptors (Lipinski definition) is 4. The van der Waals surface area contributed by atoms with Crippen molar-refractivity contribution in [3.63, 3.8) is 0 Å². The van der Waals surface area contributed by atoms with E-state index in [9.17, 15) is 4.79 Å². The zero-order valence-corrected chi connectivity index (χ0v) is 12.0. The molecule has 1 aliphatic heterocycles. The van der Waals surface area contributed by atoms with Gasteiger partial charge in [-0.1, -0.05) is 0 Å². The normalized spacial score (nSPS) is 22.7. The number of carbonyl (C=O) groups is 1. The molecular formula is C12H25ClN2O3. The van der Waals surface area contributed by atoms with E-state index in [4.69, 9.17) is 15.2 Å². The summed E-state index contributed by atoms with van der Waals surface area (Å²) in [7, 11) is 0. The van der Waals surface area contributed by atoms with Crippen LogP contribution in [0.2, 0.25) is 0 Å². The third-order valence-electron chi connectivity index (χ3n) is 2.92. The Bertz CT molecular complexity index is 235. The Hall–Kier alpha value is -0.360. The Kier molecular flexibility index (Phi) is 9.36. The minimum absolute atomic E-state index is 0. The average molecular weight is 281 g/mol. The second kappa shape index (κ2) is 9.55. The molecule has 0 saturated carbocycles. The van der Waals surface area contributed by atoms with Crippen LogP contribution in [0.25, 0.3) is 0 Å². The van der Waals surface area contributed by atoms with E-state index < -0.39 is 6.10 Å². The molecule has 5 nitrogen and oxygen atoms in total. The lowest BCUT2D eigenvalue weighted by Crippen LogP contribution is -2.44. The summed E-state index contributed by atoms with van der Waals surface area (Å²) in [5, 5.41) is 2.79. The fraction of sp³-hybridized carbons (Fsp3) is 0.917. The van der Waals surface area contributed by atoms with Crippen molar-refractivity contribution in [2.45, 2.75) is 51.4 Å². The van der Waals surface area contributed by atoms with Gasteiger partial charge in [-0.15, -0.1) is 12.4 Å². The molecule has 0 aromatic rings. The lowest BCUT2D eigenvalue weighted by Gasteiger charge is -2.24. The summed E-state index contributed by atoms with van der Waals surface area (Å²) in [6.07, 6.45) is 3.02. The van der Waals surface area contributed by atoms with Crippen LogP contribution in [0, 0.1) is 0 Å². The summed E-state index contributed by atoms with van der Waals surface area (Å²) in [5.41, 5.74) is 5.44. The van der Waals surface area contributed by atoms with E-state index in [1.807, 2.05) is 6.92 Å². The average Bonchev–Trinajstić information content (AvgIpc) is 2.36. The first-order valence-corrected chi connectivity index (χ1v) is 6.37. The van der Waals surface area contributed by atoms with E-state index in [0.29, 0.717) is 13.2 Å². The molecule has 3 N–H and O–H groups in total. The van der Waals surface area contributed by atoms with Gasteiger partial charge >= 0.3 is 0 Å². The molecule has 1 aliphatic rings. The van der Waals surface area contributed by atoms with Crippen molar-refractivity contribution < 1.29 is 14.3 Å². The Morgan fingerprint density at radius 2 is 2.22 bits per heavy atom. The highest BCUT2D eigenvalue weighted by Gasteiger charge is 2.19. The molecule has 18 heavy (non-hydrogen) atoms. The molecule has 0 spiro atoms. The van der Waals surface area contributed by atoms with E-state index in [2.05, 4.69) is 5.32 Å². The molecule has 0 aromatic carbocycles. The van der Waals surface area contributed by atoms with Gasteiger partial charge in [0.2, 0.25) is 5.91 Å². The van der Waals surface area contributed by atoms with E-state index in [0.717, 1.165) is 19.4 Å². The molecule has 6 heteroatoms. The van der Waals surface area contributed by atoms with Crippen LogP contribution in [-0.4, -0.2) is 43.9 Å². The summed E-state index contributed by atoms with van der Waals surface area (Å²) in [6, 6.07) is -0.0144. The highest BCUT2D eigenvalue weighted by Crippen LogP contribution is 2.13. The number of rotatable bonds is 6. The van der Waals surface area contributed by atoms with E-state index >= 15 is 0 Å². The fourth-order valence-corrected chi connectivity index (χ4v) is 1.69. The van der Waals surface area contributed by atoms with Crippen LogP contribution in [0.15, 0.2) is 0 Å². The van der Waals surface area contributed by atoms with Crippen LogP contribution in [-0.2, 0) is 14.3 Å². The van der Waals surface area contributed by atoms with Gasteiger partial charge in [-0.2, -0.15) is 0 Å². The number of amides is 1. The van der Waals surface area contributed by atoms with Crippen molar-refractivity contribution >= 4 is 18.3 Å². The smallest absolute Gasteiger partial charge is 0.249 e. The summed E-state index contributed by atoms with van der Waals surface area (Å²) in [5.74, 6) is -0.112. The van der Waals surface area contributed by atoms with Crippen molar-refractivity contribution in [1.29, 1.82) is 0 Å². The standard InChI is InChI=1S/C12H24N2O3.ClH/c1-9(7-13)14-12(15)10(2)17-8-11-5-3-4-6-16-11;/h9-11H,3-8,13H2,1-2H3,(H,14,15);1H/t9-,10?,11?;/m0./s1. The predicted molar refractivity (Wildman–Crippen MR) is 72.9 cm³/mol. The minimum Gasteiger partial charge on any atom is -0.376 e. The van der Waals surface area contributed by atoms with Crippen molar-refractivity contribution in [2.24, 2.45) is 5.73 Å². The summed E-state index contributed by atoms with van der Waals surface area (Å²) >= 11 is 0.